The number of aryl methyl sites for hydroxylation is 2. The fraction of sp³-hybridized carbons (Fsp3) is 0.235. The molecule has 0 aromatic heterocycles. The quantitative estimate of drug-likeness (QED) is 0.654. The molecule has 0 unspecified atom stereocenters. The van der Waals surface area contributed by atoms with Crippen LogP contribution >= 0.6 is 0 Å². The van der Waals surface area contributed by atoms with Crippen LogP contribution in [0.2, 0.25) is 0 Å². The molecule has 110 valence electrons. The van der Waals surface area contributed by atoms with Crippen LogP contribution in [0.5, 0.6) is 11.5 Å². The van der Waals surface area contributed by atoms with Crippen LogP contribution in [0.1, 0.15) is 22.3 Å². The van der Waals surface area contributed by atoms with Gasteiger partial charge in [0.05, 0.1) is 7.11 Å². The van der Waals surface area contributed by atoms with Crippen LogP contribution in [0.15, 0.2) is 36.4 Å². The van der Waals surface area contributed by atoms with Crippen molar-refractivity contribution in [2.45, 2.75) is 20.5 Å². The Labute approximate surface area is 125 Å². The van der Waals surface area contributed by atoms with Crippen LogP contribution in [-0.4, -0.2) is 12.9 Å². The van der Waals surface area contributed by atoms with Crippen LogP contribution in [0.4, 0.5) is 0 Å². The molecular weight excluding hydrogens is 264 g/mol. The molecule has 0 amide bonds. The minimum Gasteiger partial charge on any atom is -0.497 e. The molecule has 4 heteroatoms. The minimum atomic E-state index is -0.00912. The van der Waals surface area contributed by atoms with E-state index in [9.17, 15) is 0 Å². The molecule has 0 heterocycles. The Morgan fingerprint density at radius 3 is 2.19 bits per heavy atom. The number of nitrogen functional groups attached to an aromatic ring is 1. The van der Waals surface area contributed by atoms with E-state index in [2.05, 4.69) is 32.0 Å². The summed E-state index contributed by atoms with van der Waals surface area (Å²) in [6.07, 6.45) is 0. The molecule has 0 aliphatic rings. The van der Waals surface area contributed by atoms with Crippen molar-refractivity contribution in [3.63, 3.8) is 0 Å². The van der Waals surface area contributed by atoms with E-state index in [0.29, 0.717) is 23.7 Å². The molecule has 0 aliphatic carbocycles. The first kappa shape index (κ1) is 14.9. The molecule has 2 aromatic rings. The summed E-state index contributed by atoms with van der Waals surface area (Å²) >= 11 is 0. The van der Waals surface area contributed by atoms with Crippen LogP contribution < -0.4 is 15.2 Å². The molecule has 0 aliphatic heterocycles. The zero-order valence-electron chi connectivity index (χ0n) is 12.6. The lowest BCUT2D eigenvalue weighted by atomic mass is 10.1. The van der Waals surface area contributed by atoms with Gasteiger partial charge in [0.1, 0.15) is 23.9 Å². The van der Waals surface area contributed by atoms with Crippen molar-refractivity contribution in [2.24, 2.45) is 5.73 Å². The lowest BCUT2D eigenvalue weighted by molar-refractivity contribution is 0.303. The topological polar surface area (TPSA) is 68.3 Å². The molecule has 3 N–H and O–H groups in total. The Balaban J connectivity index is 2.19. The maximum Gasteiger partial charge on any atom is 0.124 e. The van der Waals surface area contributed by atoms with Crippen LogP contribution in [0.3, 0.4) is 0 Å². The van der Waals surface area contributed by atoms with E-state index >= 15 is 0 Å². The van der Waals surface area contributed by atoms with Gasteiger partial charge in [-0.15, -0.1) is 0 Å². The fourth-order valence-electron chi connectivity index (χ4n) is 2.25. The largest absolute Gasteiger partial charge is 0.497 e. The van der Waals surface area contributed by atoms with Crippen molar-refractivity contribution in [3.8, 4) is 11.5 Å². The summed E-state index contributed by atoms with van der Waals surface area (Å²) in [6, 6.07) is 11.6. The van der Waals surface area contributed by atoms with Crippen molar-refractivity contribution in [1.29, 1.82) is 5.41 Å². The third kappa shape index (κ3) is 3.99. The Bertz CT molecular complexity index is 646. The van der Waals surface area contributed by atoms with Gasteiger partial charge in [-0.25, -0.2) is 0 Å². The Kier molecular flexibility index (Phi) is 4.48. The summed E-state index contributed by atoms with van der Waals surface area (Å²) in [5, 5.41) is 7.52. The lowest BCUT2D eigenvalue weighted by Gasteiger charge is -2.11. The van der Waals surface area contributed by atoms with Crippen molar-refractivity contribution in [2.75, 3.05) is 7.11 Å². The summed E-state index contributed by atoms with van der Waals surface area (Å²) in [7, 11) is 1.58. The van der Waals surface area contributed by atoms with E-state index in [1.807, 2.05) is 0 Å². The highest BCUT2D eigenvalue weighted by molar-refractivity contribution is 5.95. The number of nitrogens with two attached hydrogens (primary N) is 1. The smallest absolute Gasteiger partial charge is 0.124 e. The van der Waals surface area contributed by atoms with Gasteiger partial charge in [-0.1, -0.05) is 29.3 Å². The summed E-state index contributed by atoms with van der Waals surface area (Å²) in [5.41, 5.74) is 9.65. The summed E-state index contributed by atoms with van der Waals surface area (Å²) in [5.74, 6) is 1.25. The molecule has 0 saturated heterocycles. The third-order valence-electron chi connectivity index (χ3n) is 3.11. The van der Waals surface area contributed by atoms with Gasteiger partial charge in [-0.2, -0.15) is 0 Å². The highest BCUT2D eigenvalue weighted by Crippen LogP contribution is 2.23. The van der Waals surface area contributed by atoms with E-state index in [4.69, 9.17) is 20.6 Å². The van der Waals surface area contributed by atoms with Gasteiger partial charge in [-0.3, -0.25) is 5.41 Å². The van der Waals surface area contributed by atoms with Crippen molar-refractivity contribution < 1.29 is 9.47 Å². The molecule has 2 rings (SSSR count). The number of rotatable bonds is 5. The first-order valence-corrected chi connectivity index (χ1v) is 6.71. The molecule has 2 aromatic carbocycles. The highest BCUT2D eigenvalue weighted by atomic mass is 16.5. The predicted molar refractivity (Wildman–Crippen MR) is 84.3 cm³/mol. The number of nitrogens with one attached hydrogen (secondary N) is 1. The second kappa shape index (κ2) is 6.31. The van der Waals surface area contributed by atoms with Crippen LogP contribution in [-0.2, 0) is 6.61 Å². The normalized spacial score (nSPS) is 10.2. The standard InChI is InChI=1S/C17H20N2O2/c1-11-4-12(2)6-13(5-11)10-21-16-8-14(17(18)19)7-15(9-16)20-3/h4-9H,10H2,1-3H3,(H3,18,19). The second-order valence-electron chi connectivity index (χ2n) is 5.10. The van der Waals surface area contributed by atoms with Gasteiger partial charge in [0.15, 0.2) is 0 Å². The molecular formula is C17H20N2O2. The van der Waals surface area contributed by atoms with Gasteiger partial charge >= 0.3 is 0 Å². The first-order chi connectivity index (χ1) is 9.97. The number of hydrogen-bond donors (Lipinski definition) is 2. The second-order valence-corrected chi connectivity index (χ2v) is 5.10. The molecule has 0 radical (unpaired) electrons. The van der Waals surface area contributed by atoms with Crippen molar-refractivity contribution in [1.82, 2.24) is 0 Å². The van der Waals surface area contributed by atoms with E-state index in [-0.39, 0.29) is 5.84 Å². The van der Waals surface area contributed by atoms with E-state index in [1.54, 1.807) is 25.3 Å². The SMILES string of the molecule is COc1cc(OCc2cc(C)cc(C)c2)cc(C(=N)N)c1. The van der Waals surface area contributed by atoms with Gasteiger partial charge in [0.25, 0.3) is 0 Å². The Morgan fingerprint density at radius 1 is 1.00 bits per heavy atom. The first-order valence-electron chi connectivity index (χ1n) is 6.71. The molecule has 0 atom stereocenters. The van der Waals surface area contributed by atoms with E-state index in [1.165, 1.54) is 11.1 Å². The van der Waals surface area contributed by atoms with E-state index < -0.39 is 0 Å². The van der Waals surface area contributed by atoms with E-state index in [0.717, 1.165) is 5.56 Å². The number of hydrogen-bond acceptors (Lipinski definition) is 3. The Hall–Kier alpha value is -2.49. The molecule has 21 heavy (non-hydrogen) atoms. The number of methoxy groups -OCH3 is 1. The van der Waals surface area contributed by atoms with Crippen molar-refractivity contribution in [3.05, 3.63) is 58.7 Å². The van der Waals surface area contributed by atoms with Crippen molar-refractivity contribution >= 4 is 5.84 Å². The maximum atomic E-state index is 7.52. The van der Waals surface area contributed by atoms with Gasteiger partial charge in [-0.05, 0) is 31.5 Å². The summed E-state index contributed by atoms with van der Waals surface area (Å²) in [6.45, 7) is 4.60. The Morgan fingerprint density at radius 2 is 1.62 bits per heavy atom. The number of benzene rings is 2. The maximum absolute atomic E-state index is 7.52. The lowest BCUT2D eigenvalue weighted by Crippen LogP contribution is -2.11. The number of amidine groups is 1. The monoisotopic (exact) mass is 284 g/mol. The minimum absolute atomic E-state index is 0.00912. The molecule has 0 bridgehead atoms. The molecule has 4 nitrogen and oxygen atoms in total. The summed E-state index contributed by atoms with van der Waals surface area (Å²) < 4.78 is 11.0. The average Bonchev–Trinajstić information content (AvgIpc) is 2.43. The predicted octanol–water partition coefficient (Wildman–Crippen LogP) is 3.18. The number of ether oxygens (including phenoxy) is 2. The van der Waals surface area contributed by atoms with Gasteiger partial charge in [0.2, 0.25) is 0 Å². The van der Waals surface area contributed by atoms with Crippen LogP contribution in [0.25, 0.3) is 0 Å². The summed E-state index contributed by atoms with van der Waals surface area (Å²) in [4.78, 5) is 0. The zero-order valence-corrected chi connectivity index (χ0v) is 12.6. The molecule has 0 fully saturated rings. The highest BCUT2D eigenvalue weighted by Gasteiger charge is 2.05. The van der Waals surface area contributed by atoms with Crippen LogP contribution in [0, 0.1) is 19.3 Å². The zero-order chi connectivity index (χ0) is 15.4. The molecule has 0 saturated carbocycles. The van der Waals surface area contributed by atoms with Gasteiger partial charge < -0.3 is 15.2 Å². The average molecular weight is 284 g/mol. The third-order valence-corrected chi connectivity index (χ3v) is 3.11. The van der Waals surface area contributed by atoms with Gasteiger partial charge in [0, 0.05) is 11.6 Å². The fourth-order valence-corrected chi connectivity index (χ4v) is 2.25. The molecule has 0 spiro atoms.